The molecule has 1 heterocycles. The number of hydrogen-bond donors (Lipinski definition) is 0. The topological polar surface area (TPSA) is 52.6 Å². The van der Waals surface area contributed by atoms with Crippen molar-refractivity contribution in [2.75, 3.05) is 7.11 Å². The molecule has 1 aliphatic rings. The van der Waals surface area contributed by atoms with Crippen LogP contribution in [0.25, 0.3) is 0 Å². The van der Waals surface area contributed by atoms with Gasteiger partial charge in [0, 0.05) is 10.6 Å². The van der Waals surface area contributed by atoms with Gasteiger partial charge in [-0.2, -0.15) is 0 Å². The second kappa shape index (κ2) is 6.29. The standard InChI is InChI=1S/C19H17ClO4/c1-3-19(14-6-4-5-7-15(14)20)17(24-18(19)22)16(21)12-8-10-13(23-2)11-9-12/h4-11,17H,3H2,1-2H3/t17-,19-/m1/s1. The predicted molar refractivity (Wildman–Crippen MR) is 90.6 cm³/mol. The number of halogens is 1. The Hall–Kier alpha value is -2.33. The van der Waals surface area contributed by atoms with Gasteiger partial charge < -0.3 is 9.47 Å². The molecule has 2 aromatic carbocycles. The number of hydrogen-bond acceptors (Lipinski definition) is 4. The van der Waals surface area contributed by atoms with Crippen LogP contribution in [0.5, 0.6) is 5.75 Å². The third-order valence-electron chi connectivity index (χ3n) is 4.56. The first-order chi connectivity index (χ1) is 11.5. The molecule has 3 rings (SSSR count). The van der Waals surface area contributed by atoms with Gasteiger partial charge in [0.2, 0.25) is 5.78 Å². The van der Waals surface area contributed by atoms with Crippen molar-refractivity contribution in [1.29, 1.82) is 0 Å². The molecular formula is C19H17ClO4. The number of rotatable bonds is 5. The van der Waals surface area contributed by atoms with E-state index >= 15 is 0 Å². The van der Waals surface area contributed by atoms with Gasteiger partial charge in [0.05, 0.1) is 7.11 Å². The minimum absolute atomic E-state index is 0.237. The fourth-order valence-corrected chi connectivity index (χ4v) is 3.44. The summed E-state index contributed by atoms with van der Waals surface area (Å²) < 4.78 is 10.3. The zero-order valence-corrected chi connectivity index (χ0v) is 14.2. The Bertz CT molecular complexity index is 784. The molecule has 24 heavy (non-hydrogen) atoms. The van der Waals surface area contributed by atoms with E-state index in [0.717, 1.165) is 0 Å². The molecular weight excluding hydrogens is 328 g/mol. The van der Waals surface area contributed by atoms with E-state index in [4.69, 9.17) is 21.1 Å². The maximum absolute atomic E-state index is 12.9. The summed E-state index contributed by atoms with van der Waals surface area (Å²) in [5, 5.41) is 0.462. The average Bonchev–Trinajstić information content (AvgIpc) is 2.61. The molecule has 0 amide bonds. The van der Waals surface area contributed by atoms with Gasteiger partial charge in [-0.3, -0.25) is 9.59 Å². The fourth-order valence-electron chi connectivity index (χ4n) is 3.14. The Morgan fingerprint density at radius 1 is 1.21 bits per heavy atom. The minimum Gasteiger partial charge on any atom is -0.497 e. The molecule has 0 spiro atoms. The van der Waals surface area contributed by atoms with Crippen molar-refractivity contribution in [2.24, 2.45) is 0 Å². The quantitative estimate of drug-likeness (QED) is 0.611. The van der Waals surface area contributed by atoms with E-state index < -0.39 is 17.5 Å². The van der Waals surface area contributed by atoms with Crippen molar-refractivity contribution in [1.82, 2.24) is 0 Å². The van der Waals surface area contributed by atoms with E-state index in [9.17, 15) is 9.59 Å². The Morgan fingerprint density at radius 2 is 1.88 bits per heavy atom. The van der Waals surface area contributed by atoms with E-state index in [1.54, 1.807) is 55.6 Å². The number of ether oxygens (including phenoxy) is 2. The smallest absolute Gasteiger partial charge is 0.321 e. The van der Waals surface area contributed by atoms with Gasteiger partial charge in [0.15, 0.2) is 6.10 Å². The molecule has 124 valence electrons. The van der Waals surface area contributed by atoms with Crippen molar-refractivity contribution >= 4 is 23.4 Å². The van der Waals surface area contributed by atoms with E-state index in [2.05, 4.69) is 0 Å². The van der Waals surface area contributed by atoms with Gasteiger partial charge in [-0.1, -0.05) is 36.7 Å². The first-order valence-electron chi connectivity index (χ1n) is 7.69. The van der Waals surface area contributed by atoms with Crippen LogP contribution in [-0.2, 0) is 14.9 Å². The molecule has 2 aromatic rings. The van der Waals surface area contributed by atoms with E-state index in [-0.39, 0.29) is 5.78 Å². The largest absolute Gasteiger partial charge is 0.497 e. The van der Waals surface area contributed by atoms with Crippen molar-refractivity contribution in [2.45, 2.75) is 24.9 Å². The summed E-state index contributed by atoms with van der Waals surface area (Å²) in [5.41, 5.74) is 0.0745. The molecule has 2 atom stereocenters. The summed E-state index contributed by atoms with van der Waals surface area (Å²) in [6, 6.07) is 13.8. The SMILES string of the molecule is CC[C@]1(c2ccccc2Cl)C(=O)O[C@@H]1C(=O)c1ccc(OC)cc1. The summed E-state index contributed by atoms with van der Waals surface area (Å²) in [5.74, 6) is 0.00833. The third-order valence-corrected chi connectivity index (χ3v) is 4.89. The first-order valence-corrected chi connectivity index (χ1v) is 8.06. The Labute approximate surface area is 145 Å². The van der Waals surface area contributed by atoms with Crippen molar-refractivity contribution in [3.63, 3.8) is 0 Å². The van der Waals surface area contributed by atoms with Crippen LogP contribution in [0.2, 0.25) is 5.02 Å². The van der Waals surface area contributed by atoms with Crippen LogP contribution in [0.3, 0.4) is 0 Å². The highest BCUT2D eigenvalue weighted by molar-refractivity contribution is 6.32. The van der Waals surface area contributed by atoms with Crippen molar-refractivity contribution in [3.05, 3.63) is 64.7 Å². The van der Waals surface area contributed by atoms with Crippen LogP contribution in [0.15, 0.2) is 48.5 Å². The van der Waals surface area contributed by atoms with Crippen LogP contribution in [-0.4, -0.2) is 25.0 Å². The molecule has 0 unspecified atom stereocenters. The van der Waals surface area contributed by atoms with Crippen LogP contribution >= 0.6 is 11.6 Å². The molecule has 1 aliphatic heterocycles. The summed E-state index contributed by atoms with van der Waals surface area (Å²) in [6.45, 7) is 1.86. The van der Waals surface area contributed by atoms with E-state index in [1.165, 1.54) is 0 Å². The Kier molecular flexibility index (Phi) is 4.33. The molecule has 0 N–H and O–H groups in total. The number of ketones is 1. The van der Waals surface area contributed by atoms with Crippen LogP contribution in [0.4, 0.5) is 0 Å². The average molecular weight is 345 g/mol. The lowest BCUT2D eigenvalue weighted by Crippen LogP contribution is -2.63. The van der Waals surface area contributed by atoms with Crippen LogP contribution in [0, 0.1) is 0 Å². The monoisotopic (exact) mass is 344 g/mol. The highest BCUT2D eigenvalue weighted by atomic mass is 35.5. The zero-order chi connectivity index (χ0) is 17.3. The third kappa shape index (κ3) is 2.38. The molecule has 5 heteroatoms. The normalized spacial score (nSPS) is 22.5. The summed E-state index contributed by atoms with van der Waals surface area (Å²) in [6.07, 6.45) is -0.439. The summed E-state index contributed by atoms with van der Waals surface area (Å²) in [7, 11) is 1.56. The van der Waals surface area contributed by atoms with Crippen LogP contribution < -0.4 is 4.74 Å². The maximum atomic E-state index is 12.9. The second-order valence-corrected chi connectivity index (χ2v) is 6.09. The fraction of sp³-hybridized carbons (Fsp3) is 0.263. The lowest BCUT2D eigenvalue weighted by atomic mass is 9.67. The molecule has 0 saturated carbocycles. The van der Waals surface area contributed by atoms with Crippen LogP contribution in [0.1, 0.15) is 29.3 Å². The van der Waals surface area contributed by atoms with Crippen molar-refractivity contribution in [3.8, 4) is 5.75 Å². The zero-order valence-electron chi connectivity index (χ0n) is 13.4. The van der Waals surface area contributed by atoms with Gasteiger partial charge in [0.1, 0.15) is 11.2 Å². The molecule has 0 aromatic heterocycles. The minimum atomic E-state index is -1.03. The number of esters is 1. The summed E-state index contributed by atoms with van der Waals surface area (Å²) >= 11 is 6.29. The highest BCUT2D eigenvalue weighted by Gasteiger charge is 2.61. The highest BCUT2D eigenvalue weighted by Crippen LogP contribution is 2.46. The number of carbonyl (C=O) groups excluding carboxylic acids is 2. The number of methoxy groups -OCH3 is 1. The van der Waals surface area contributed by atoms with Gasteiger partial charge in [-0.15, -0.1) is 0 Å². The molecule has 1 fully saturated rings. The molecule has 0 aliphatic carbocycles. The van der Waals surface area contributed by atoms with Gasteiger partial charge in [-0.05, 0) is 42.3 Å². The van der Waals surface area contributed by atoms with Crippen molar-refractivity contribution < 1.29 is 19.1 Å². The van der Waals surface area contributed by atoms with Gasteiger partial charge >= 0.3 is 5.97 Å². The molecule has 0 radical (unpaired) electrons. The molecule has 1 saturated heterocycles. The second-order valence-electron chi connectivity index (χ2n) is 5.68. The molecule has 0 bridgehead atoms. The lowest BCUT2D eigenvalue weighted by Gasteiger charge is -2.46. The van der Waals surface area contributed by atoms with E-state index in [1.807, 2.05) is 6.92 Å². The first kappa shape index (κ1) is 16.5. The number of benzene rings is 2. The predicted octanol–water partition coefficient (Wildman–Crippen LogP) is 3.80. The Morgan fingerprint density at radius 3 is 2.42 bits per heavy atom. The maximum Gasteiger partial charge on any atom is 0.321 e. The molecule has 4 nitrogen and oxygen atoms in total. The number of carbonyl (C=O) groups is 2. The van der Waals surface area contributed by atoms with Gasteiger partial charge in [-0.25, -0.2) is 0 Å². The summed E-state index contributed by atoms with van der Waals surface area (Å²) in [4.78, 5) is 25.2. The van der Waals surface area contributed by atoms with Gasteiger partial charge in [0.25, 0.3) is 0 Å². The Balaban J connectivity index is 1.99. The lowest BCUT2D eigenvalue weighted by molar-refractivity contribution is -0.184. The number of cyclic esters (lactones) is 1. The number of Topliss-reactive ketones (excluding diaryl/α,β-unsaturated/α-hetero) is 1. The van der Waals surface area contributed by atoms with E-state index in [0.29, 0.717) is 28.3 Å².